The Morgan fingerprint density at radius 1 is 1.29 bits per heavy atom. The van der Waals surface area contributed by atoms with Crippen LogP contribution in [0.2, 0.25) is 0 Å². The van der Waals surface area contributed by atoms with Gasteiger partial charge in [-0.2, -0.15) is 5.10 Å². The maximum atomic E-state index is 5.70. The smallest absolute Gasteiger partial charge is 0.157 e. The zero-order chi connectivity index (χ0) is 11.7. The van der Waals surface area contributed by atoms with Crippen molar-refractivity contribution in [1.82, 2.24) is 14.6 Å². The van der Waals surface area contributed by atoms with E-state index in [2.05, 4.69) is 15.0 Å². The SMILES string of the molecule is NCC1CCN(c2ccn3nccc3n2)CC1. The predicted molar refractivity (Wildman–Crippen MR) is 67.0 cm³/mol. The van der Waals surface area contributed by atoms with Gasteiger partial charge in [-0.25, -0.2) is 9.50 Å². The van der Waals surface area contributed by atoms with Gasteiger partial charge in [0, 0.05) is 25.4 Å². The number of aromatic nitrogens is 3. The molecule has 3 rings (SSSR count). The lowest BCUT2D eigenvalue weighted by Crippen LogP contribution is -2.36. The molecule has 0 spiro atoms. The first-order chi connectivity index (χ1) is 8.36. The van der Waals surface area contributed by atoms with E-state index >= 15 is 0 Å². The average Bonchev–Trinajstić information content (AvgIpc) is 2.86. The number of anilines is 1. The Balaban J connectivity index is 1.79. The van der Waals surface area contributed by atoms with Crippen molar-refractivity contribution in [3.05, 3.63) is 24.5 Å². The van der Waals surface area contributed by atoms with Crippen molar-refractivity contribution in [2.45, 2.75) is 12.8 Å². The molecule has 2 N–H and O–H groups in total. The molecule has 0 amide bonds. The third kappa shape index (κ3) is 1.98. The van der Waals surface area contributed by atoms with Crippen LogP contribution >= 0.6 is 0 Å². The van der Waals surface area contributed by atoms with Crippen molar-refractivity contribution in [1.29, 1.82) is 0 Å². The highest BCUT2D eigenvalue weighted by Crippen LogP contribution is 2.21. The second-order valence-corrected chi connectivity index (χ2v) is 4.59. The molecule has 5 nitrogen and oxygen atoms in total. The van der Waals surface area contributed by atoms with Crippen molar-refractivity contribution in [3.8, 4) is 0 Å². The van der Waals surface area contributed by atoms with Crippen LogP contribution in [0, 0.1) is 5.92 Å². The Morgan fingerprint density at radius 3 is 2.88 bits per heavy atom. The van der Waals surface area contributed by atoms with Crippen LogP contribution in [-0.2, 0) is 0 Å². The van der Waals surface area contributed by atoms with E-state index in [0.717, 1.165) is 31.1 Å². The molecule has 2 aromatic rings. The molecule has 1 aliphatic rings. The molecule has 1 fully saturated rings. The second kappa shape index (κ2) is 4.33. The quantitative estimate of drug-likeness (QED) is 0.834. The van der Waals surface area contributed by atoms with Crippen molar-refractivity contribution in [2.24, 2.45) is 11.7 Å². The van der Waals surface area contributed by atoms with Crippen LogP contribution in [-0.4, -0.2) is 34.2 Å². The molecule has 17 heavy (non-hydrogen) atoms. The molecule has 0 radical (unpaired) electrons. The molecule has 1 aliphatic heterocycles. The van der Waals surface area contributed by atoms with E-state index in [0.29, 0.717) is 5.92 Å². The first-order valence-corrected chi connectivity index (χ1v) is 6.12. The van der Waals surface area contributed by atoms with Crippen LogP contribution in [0.4, 0.5) is 5.82 Å². The van der Waals surface area contributed by atoms with Crippen molar-refractivity contribution >= 4 is 11.5 Å². The summed E-state index contributed by atoms with van der Waals surface area (Å²) in [7, 11) is 0. The van der Waals surface area contributed by atoms with Gasteiger partial charge in [-0.3, -0.25) is 0 Å². The molecule has 0 aliphatic carbocycles. The maximum absolute atomic E-state index is 5.70. The van der Waals surface area contributed by atoms with Crippen molar-refractivity contribution < 1.29 is 0 Å². The Kier molecular flexibility index (Phi) is 2.68. The summed E-state index contributed by atoms with van der Waals surface area (Å²) in [5, 5.41) is 4.15. The molecular formula is C12H17N5. The number of nitrogens with zero attached hydrogens (tertiary/aromatic N) is 4. The van der Waals surface area contributed by atoms with Crippen LogP contribution < -0.4 is 10.6 Å². The summed E-state index contributed by atoms with van der Waals surface area (Å²) in [6, 6.07) is 3.96. The Morgan fingerprint density at radius 2 is 2.12 bits per heavy atom. The Bertz CT molecular complexity index is 498. The van der Waals surface area contributed by atoms with Gasteiger partial charge >= 0.3 is 0 Å². The van der Waals surface area contributed by atoms with Gasteiger partial charge in [0.15, 0.2) is 5.65 Å². The summed E-state index contributed by atoms with van der Waals surface area (Å²) in [4.78, 5) is 6.94. The zero-order valence-corrected chi connectivity index (χ0v) is 9.79. The molecule has 0 bridgehead atoms. The number of hydrogen-bond acceptors (Lipinski definition) is 4. The number of fused-ring (bicyclic) bond motifs is 1. The van der Waals surface area contributed by atoms with Gasteiger partial charge in [0.05, 0.1) is 6.20 Å². The Hall–Kier alpha value is -1.62. The van der Waals surface area contributed by atoms with Crippen LogP contribution in [0.15, 0.2) is 24.5 Å². The van der Waals surface area contributed by atoms with E-state index < -0.39 is 0 Å². The lowest BCUT2D eigenvalue weighted by molar-refractivity contribution is 0.413. The monoisotopic (exact) mass is 231 g/mol. The number of piperidine rings is 1. The van der Waals surface area contributed by atoms with E-state index in [4.69, 9.17) is 5.73 Å². The fourth-order valence-electron chi connectivity index (χ4n) is 2.38. The third-order valence-electron chi connectivity index (χ3n) is 3.52. The van der Waals surface area contributed by atoms with E-state index in [1.807, 2.05) is 18.3 Å². The highest BCUT2D eigenvalue weighted by atomic mass is 15.3. The fraction of sp³-hybridized carbons (Fsp3) is 0.500. The number of nitrogens with two attached hydrogens (primary N) is 1. The molecule has 5 heteroatoms. The fourth-order valence-corrected chi connectivity index (χ4v) is 2.38. The summed E-state index contributed by atoms with van der Waals surface area (Å²) >= 11 is 0. The molecule has 0 saturated carbocycles. The first-order valence-electron chi connectivity index (χ1n) is 6.12. The largest absolute Gasteiger partial charge is 0.356 e. The molecule has 3 heterocycles. The van der Waals surface area contributed by atoms with Gasteiger partial charge < -0.3 is 10.6 Å². The second-order valence-electron chi connectivity index (χ2n) is 4.59. The summed E-state index contributed by atoms with van der Waals surface area (Å²) in [6.07, 6.45) is 6.07. The first kappa shape index (κ1) is 10.5. The highest BCUT2D eigenvalue weighted by Gasteiger charge is 2.19. The van der Waals surface area contributed by atoms with E-state index in [-0.39, 0.29) is 0 Å². The maximum Gasteiger partial charge on any atom is 0.157 e. The minimum Gasteiger partial charge on any atom is -0.356 e. The number of hydrogen-bond donors (Lipinski definition) is 1. The summed E-state index contributed by atoms with van der Waals surface area (Å²) < 4.78 is 1.79. The van der Waals surface area contributed by atoms with E-state index in [1.165, 1.54) is 12.8 Å². The van der Waals surface area contributed by atoms with E-state index in [1.54, 1.807) is 10.7 Å². The highest BCUT2D eigenvalue weighted by molar-refractivity contribution is 5.47. The molecule has 0 aromatic carbocycles. The normalized spacial score (nSPS) is 17.8. The van der Waals surface area contributed by atoms with Crippen LogP contribution in [0.25, 0.3) is 5.65 Å². The minimum absolute atomic E-state index is 0.685. The molecule has 90 valence electrons. The zero-order valence-electron chi connectivity index (χ0n) is 9.79. The van der Waals surface area contributed by atoms with Gasteiger partial charge in [0.25, 0.3) is 0 Å². The predicted octanol–water partition coefficient (Wildman–Crippen LogP) is 0.904. The van der Waals surface area contributed by atoms with Crippen LogP contribution in [0.3, 0.4) is 0 Å². The van der Waals surface area contributed by atoms with Crippen molar-refractivity contribution in [2.75, 3.05) is 24.5 Å². The molecular weight excluding hydrogens is 214 g/mol. The topological polar surface area (TPSA) is 59.5 Å². The van der Waals surface area contributed by atoms with Gasteiger partial charge in [-0.1, -0.05) is 0 Å². The summed E-state index contributed by atoms with van der Waals surface area (Å²) in [5.74, 6) is 1.73. The Labute approximate surface area is 100 Å². The molecule has 2 aromatic heterocycles. The summed E-state index contributed by atoms with van der Waals surface area (Å²) in [6.45, 7) is 2.92. The number of rotatable bonds is 2. The minimum atomic E-state index is 0.685. The van der Waals surface area contributed by atoms with Crippen molar-refractivity contribution in [3.63, 3.8) is 0 Å². The lowest BCUT2D eigenvalue weighted by Gasteiger charge is -2.32. The van der Waals surface area contributed by atoms with E-state index in [9.17, 15) is 0 Å². The molecule has 0 atom stereocenters. The molecule has 0 unspecified atom stereocenters. The standard InChI is InChI=1S/C12H17N5/c13-9-10-2-6-16(7-3-10)11-4-8-17-12(15-11)1-5-14-17/h1,4-5,8,10H,2-3,6-7,9,13H2. The van der Waals surface area contributed by atoms with Gasteiger partial charge in [0.2, 0.25) is 0 Å². The van der Waals surface area contributed by atoms with Gasteiger partial charge in [-0.05, 0) is 31.4 Å². The third-order valence-corrected chi connectivity index (χ3v) is 3.52. The van der Waals surface area contributed by atoms with Crippen LogP contribution in [0.5, 0.6) is 0 Å². The average molecular weight is 231 g/mol. The summed E-state index contributed by atoms with van der Waals surface area (Å²) in [5.41, 5.74) is 6.61. The molecule has 1 saturated heterocycles. The van der Waals surface area contributed by atoms with Gasteiger partial charge in [0.1, 0.15) is 5.82 Å². The van der Waals surface area contributed by atoms with Gasteiger partial charge in [-0.15, -0.1) is 0 Å². The lowest BCUT2D eigenvalue weighted by atomic mass is 9.97. The van der Waals surface area contributed by atoms with Crippen LogP contribution in [0.1, 0.15) is 12.8 Å².